The highest BCUT2D eigenvalue weighted by Crippen LogP contribution is 2.30. The number of carbonyl (C=O) groups is 1. The summed E-state index contributed by atoms with van der Waals surface area (Å²) in [5, 5.41) is 9.10. The van der Waals surface area contributed by atoms with Crippen LogP contribution >= 0.6 is 22.6 Å². The van der Waals surface area contributed by atoms with Gasteiger partial charge in [0.25, 0.3) is 0 Å². The van der Waals surface area contributed by atoms with Crippen LogP contribution in [0.15, 0.2) is 30.3 Å². The van der Waals surface area contributed by atoms with E-state index in [1.54, 1.807) is 24.3 Å². The summed E-state index contributed by atoms with van der Waals surface area (Å²) in [6, 6.07) is 9.00. The molecule has 0 saturated carbocycles. The smallest absolute Gasteiger partial charge is 0.240 e. The maximum atomic E-state index is 11.1. The highest BCUT2D eigenvalue weighted by atomic mass is 127. The predicted molar refractivity (Wildman–Crippen MR) is 58.4 cm³/mol. The van der Waals surface area contributed by atoms with E-state index in [1.165, 1.54) is 0 Å². The van der Waals surface area contributed by atoms with Gasteiger partial charge in [-0.15, -0.1) is 0 Å². The molecule has 0 aromatic heterocycles. The Morgan fingerprint density at radius 2 is 2.00 bits per heavy atom. The number of hydrogen-bond donors (Lipinski definition) is 2. The van der Waals surface area contributed by atoms with Crippen LogP contribution in [0, 0.1) is 0 Å². The number of amides is 1. The van der Waals surface area contributed by atoms with Crippen molar-refractivity contribution in [3.63, 3.8) is 0 Å². The fourth-order valence-electron chi connectivity index (χ4n) is 1.01. The first kappa shape index (κ1) is 10.5. The Morgan fingerprint density at radius 3 is 2.38 bits per heavy atom. The van der Waals surface area contributed by atoms with E-state index in [-0.39, 0.29) is 6.61 Å². The van der Waals surface area contributed by atoms with Crippen molar-refractivity contribution in [3.05, 3.63) is 35.9 Å². The molecule has 0 aliphatic carbocycles. The molecule has 0 heterocycles. The van der Waals surface area contributed by atoms with Crippen molar-refractivity contribution in [2.24, 2.45) is 5.73 Å². The molecule has 0 aliphatic heterocycles. The van der Waals surface area contributed by atoms with E-state index in [9.17, 15) is 4.79 Å². The van der Waals surface area contributed by atoms with Gasteiger partial charge in [-0.2, -0.15) is 0 Å². The van der Waals surface area contributed by atoms with Gasteiger partial charge in [-0.25, -0.2) is 0 Å². The number of primary amides is 1. The number of aliphatic hydroxyl groups excluding tert-OH is 1. The molecule has 3 nitrogen and oxygen atoms in total. The summed E-state index contributed by atoms with van der Waals surface area (Å²) in [6.45, 7) is -0.285. The average molecular weight is 291 g/mol. The molecule has 0 bridgehead atoms. The van der Waals surface area contributed by atoms with Gasteiger partial charge in [0.1, 0.15) is 3.42 Å². The van der Waals surface area contributed by atoms with Crippen molar-refractivity contribution >= 4 is 28.5 Å². The second-order valence-corrected chi connectivity index (χ2v) is 4.53. The lowest BCUT2D eigenvalue weighted by Gasteiger charge is -2.21. The summed E-state index contributed by atoms with van der Waals surface area (Å²) in [5.41, 5.74) is 5.93. The topological polar surface area (TPSA) is 63.3 Å². The molecule has 4 heteroatoms. The number of benzene rings is 1. The van der Waals surface area contributed by atoms with E-state index >= 15 is 0 Å². The lowest BCUT2D eigenvalue weighted by Crippen LogP contribution is -2.38. The van der Waals surface area contributed by atoms with Crippen molar-refractivity contribution in [1.82, 2.24) is 0 Å². The number of rotatable bonds is 3. The van der Waals surface area contributed by atoms with E-state index in [4.69, 9.17) is 10.8 Å². The Balaban J connectivity index is 3.11. The summed E-state index contributed by atoms with van der Waals surface area (Å²) < 4.78 is -1.00. The first-order chi connectivity index (χ1) is 6.11. The number of aliphatic hydroxyl groups is 1. The summed E-state index contributed by atoms with van der Waals surface area (Å²) in [4.78, 5) is 11.1. The Bertz CT molecular complexity index is 302. The lowest BCUT2D eigenvalue weighted by atomic mass is 10.00. The molecular weight excluding hydrogens is 281 g/mol. The Morgan fingerprint density at radius 1 is 1.46 bits per heavy atom. The maximum Gasteiger partial charge on any atom is 0.240 e. The van der Waals surface area contributed by atoms with Crippen molar-refractivity contribution in [3.8, 4) is 0 Å². The minimum absolute atomic E-state index is 0.285. The molecule has 1 amide bonds. The molecule has 0 spiro atoms. The van der Waals surface area contributed by atoms with Crippen LogP contribution < -0.4 is 5.73 Å². The van der Waals surface area contributed by atoms with Gasteiger partial charge in [-0.1, -0.05) is 52.9 Å². The van der Waals surface area contributed by atoms with E-state index in [2.05, 4.69) is 0 Å². The molecule has 1 unspecified atom stereocenters. The van der Waals surface area contributed by atoms with E-state index < -0.39 is 9.33 Å². The van der Waals surface area contributed by atoms with Crippen molar-refractivity contribution in [2.45, 2.75) is 3.42 Å². The highest BCUT2D eigenvalue weighted by molar-refractivity contribution is 14.1. The minimum atomic E-state index is -1.00. The Hall–Kier alpha value is -0.620. The largest absolute Gasteiger partial charge is 0.394 e. The number of hydrogen-bond acceptors (Lipinski definition) is 2. The van der Waals surface area contributed by atoms with Crippen LogP contribution in [0.3, 0.4) is 0 Å². The predicted octanol–water partition coefficient (Wildman–Crippen LogP) is 0.794. The molecule has 1 aromatic rings. The molecule has 1 atom stereocenters. The molecule has 1 aromatic carbocycles. The zero-order chi connectivity index (χ0) is 9.90. The van der Waals surface area contributed by atoms with Crippen LogP contribution in [0.25, 0.3) is 0 Å². The van der Waals surface area contributed by atoms with E-state index in [0.717, 1.165) is 5.56 Å². The molecule has 3 N–H and O–H groups in total. The van der Waals surface area contributed by atoms with Gasteiger partial charge in [-0.05, 0) is 5.56 Å². The van der Waals surface area contributed by atoms with Crippen molar-refractivity contribution in [2.75, 3.05) is 6.61 Å². The summed E-state index contributed by atoms with van der Waals surface area (Å²) in [5.74, 6) is -0.526. The fraction of sp³-hybridized carbons (Fsp3) is 0.222. The molecule has 0 saturated heterocycles. The van der Waals surface area contributed by atoms with Crippen LogP contribution in [-0.4, -0.2) is 17.6 Å². The molecule has 0 aliphatic rings. The molecule has 0 fully saturated rings. The van der Waals surface area contributed by atoms with Crippen LogP contribution in [0.4, 0.5) is 0 Å². The van der Waals surface area contributed by atoms with Gasteiger partial charge in [0.2, 0.25) is 5.91 Å². The zero-order valence-corrected chi connectivity index (χ0v) is 9.06. The number of nitrogens with two attached hydrogens (primary N) is 1. The Labute approximate surface area is 90.1 Å². The first-order valence-electron chi connectivity index (χ1n) is 3.76. The average Bonchev–Trinajstić information content (AvgIpc) is 2.17. The van der Waals surface area contributed by atoms with Crippen LogP contribution in [0.1, 0.15) is 5.56 Å². The monoisotopic (exact) mass is 291 g/mol. The van der Waals surface area contributed by atoms with E-state index in [0.29, 0.717) is 0 Å². The molecule has 0 radical (unpaired) electrons. The minimum Gasteiger partial charge on any atom is -0.394 e. The maximum absolute atomic E-state index is 11.1. The van der Waals surface area contributed by atoms with Gasteiger partial charge >= 0.3 is 0 Å². The van der Waals surface area contributed by atoms with Crippen molar-refractivity contribution < 1.29 is 9.90 Å². The third kappa shape index (κ3) is 2.00. The van der Waals surface area contributed by atoms with Gasteiger partial charge in [0.05, 0.1) is 6.61 Å². The normalized spacial score (nSPS) is 14.9. The number of halogens is 1. The summed E-state index contributed by atoms with van der Waals surface area (Å²) in [6.07, 6.45) is 0. The number of alkyl halides is 1. The van der Waals surface area contributed by atoms with Gasteiger partial charge in [0.15, 0.2) is 0 Å². The summed E-state index contributed by atoms with van der Waals surface area (Å²) in [7, 11) is 0. The SMILES string of the molecule is NC(=O)C(I)(CO)c1ccccc1. The fourth-order valence-corrected chi connectivity index (χ4v) is 1.37. The third-order valence-electron chi connectivity index (χ3n) is 1.84. The van der Waals surface area contributed by atoms with Crippen molar-refractivity contribution in [1.29, 1.82) is 0 Å². The van der Waals surface area contributed by atoms with Crippen LogP contribution in [0.5, 0.6) is 0 Å². The molecular formula is C9H10INO2. The van der Waals surface area contributed by atoms with Crippen LogP contribution in [0.2, 0.25) is 0 Å². The van der Waals surface area contributed by atoms with E-state index in [1.807, 2.05) is 28.7 Å². The number of carbonyl (C=O) groups excluding carboxylic acids is 1. The standard InChI is InChI=1S/C9H10INO2/c10-9(6-12,8(11)13)7-4-2-1-3-5-7/h1-5,12H,6H2,(H2,11,13). The van der Waals surface area contributed by atoms with Gasteiger partial charge < -0.3 is 10.8 Å². The lowest BCUT2D eigenvalue weighted by molar-refractivity contribution is -0.120. The summed E-state index contributed by atoms with van der Waals surface area (Å²) >= 11 is 1.87. The molecule has 13 heavy (non-hydrogen) atoms. The second-order valence-electron chi connectivity index (χ2n) is 2.69. The quantitative estimate of drug-likeness (QED) is 0.639. The third-order valence-corrected chi connectivity index (χ3v) is 3.34. The Kier molecular flexibility index (Phi) is 3.27. The highest BCUT2D eigenvalue weighted by Gasteiger charge is 2.34. The van der Waals surface area contributed by atoms with Gasteiger partial charge in [0, 0.05) is 0 Å². The zero-order valence-electron chi connectivity index (χ0n) is 6.90. The first-order valence-corrected chi connectivity index (χ1v) is 4.84. The molecule has 70 valence electrons. The van der Waals surface area contributed by atoms with Gasteiger partial charge in [-0.3, -0.25) is 4.79 Å². The molecule has 1 rings (SSSR count). The van der Waals surface area contributed by atoms with Crippen LogP contribution in [-0.2, 0) is 8.22 Å². The second kappa shape index (κ2) is 4.06.